The van der Waals surface area contributed by atoms with Crippen LogP contribution < -0.4 is 4.90 Å². The van der Waals surface area contributed by atoms with E-state index >= 15 is 0 Å². The fourth-order valence-corrected chi connectivity index (χ4v) is 4.44. The highest BCUT2D eigenvalue weighted by atomic mass is 32.2. The van der Waals surface area contributed by atoms with E-state index in [2.05, 4.69) is 64.8 Å². The second-order valence-electron chi connectivity index (χ2n) is 6.55. The van der Waals surface area contributed by atoms with E-state index in [4.69, 9.17) is 0 Å². The number of fused-ring (bicyclic) bond motifs is 1. The summed E-state index contributed by atoms with van der Waals surface area (Å²) < 4.78 is 2.27. The number of benzene rings is 1. The maximum atomic E-state index is 4.65. The molecule has 0 atom stereocenters. The van der Waals surface area contributed by atoms with Gasteiger partial charge in [-0.05, 0) is 43.5 Å². The van der Waals surface area contributed by atoms with Gasteiger partial charge in [0.1, 0.15) is 0 Å². The van der Waals surface area contributed by atoms with Crippen molar-refractivity contribution in [3.63, 3.8) is 0 Å². The number of aryl methyl sites for hydroxylation is 2. The number of rotatable bonds is 4. The Morgan fingerprint density at radius 2 is 1.92 bits per heavy atom. The fourth-order valence-electron chi connectivity index (χ4n) is 3.48. The molecule has 1 aliphatic rings. The van der Waals surface area contributed by atoms with Gasteiger partial charge in [-0.1, -0.05) is 18.2 Å². The number of pyridine rings is 1. The second kappa shape index (κ2) is 6.52. The van der Waals surface area contributed by atoms with E-state index in [9.17, 15) is 0 Å². The van der Waals surface area contributed by atoms with Gasteiger partial charge < -0.3 is 9.47 Å². The van der Waals surface area contributed by atoms with Gasteiger partial charge in [0, 0.05) is 48.7 Å². The van der Waals surface area contributed by atoms with Crippen LogP contribution in [0.5, 0.6) is 0 Å². The molecule has 4 rings (SSSR count). The van der Waals surface area contributed by atoms with Gasteiger partial charge in [0.25, 0.3) is 0 Å². The Labute approximate surface area is 147 Å². The smallest absolute Gasteiger partial charge is 0.0760 e. The van der Waals surface area contributed by atoms with Crippen molar-refractivity contribution in [2.45, 2.75) is 30.5 Å². The average molecular weight is 337 g/mol. The van der Waals surface area contributed by atoms with Gasteiger partial charge in [0.05, 0.1) is 10.7 Å². The van der Waals surface area contributed by atoms with Crippen molar-refractivity contribution in [3.05, 3.63) is 53.9 Å². The fraction of sp³-hybridized carbons (Fsp3) is 0.350. The lowest BCUT2D eigenvalue weighted by molar-refractivity contribution is 0.861. The summed E-state index contributed by atoms with van der Waals surface area (Å²) in [6.07, 6.45) is 4.65. The summed E-state index contributed by atoms with van der Waals surface area (Å²) in [5.41, 5.74) is 5.11. The van der Waals surface area contributed by atoms with Crippen molar-refractivity contribution in [1.82, 2.24) is 9.55 Å². The lowest BCUT2D eigenvalue weighted by Gasteiger charge is -2.20. The second-order valence-corrected chi connectivity index (χ2v) is 7.54. The predicted molar refractivity (Wildman–Crippen MR) is 103 cm³/mol. The third-order valence-electron chi connectivity index (χ3n) is 4.85. The molecule has 3 aromatic rings. The third-order valence-corrected chi connectivity index (χ3v) is 5.98. The van der Waals surface area contributed by atoms with Gasteiger partial charge in [0.15, 0.2) is 0 Å². The zero-order valence-corrected chi connectivity index (χ0v) is 15.1. The van der Waals surface area contributed by atoms with E-state index in [0.717, 1.165) is 11.4 Å². The third kappa shape index (κ3) is 2.91. The Kier molecular flexibility index (Phi) is 4.23. The molecule has 2 aromatic heterocycles. The molecule has 1 aromatic carbocycles. The Bertz CT molecular complexity index is 862. The topological polar surface area (TPSA) is 21.1 Å². The Morgan fingerprint density at radius 1 is 1.12 bits per heavy atom. The van der Waals surface area contributed by atoms with Crippen LogP contribution in [-0.4, -0.2) is 22.6 Å². The van der Waals surface area contributed by atoms with Gasteiger partial charge in [0.2, 0.25) is 0 Å². The Hall–Kier alpha value is -1.94. The standard InChI is InChI=1S/C20H23N3S/c1-15-13-21-17(12-19(15)23-9-5-6-10-23)14-24-20-11-16-7-3-4-8-18(16)22(20)2/h3-4,7-8,11-13H,5-6,9-10,14H2,1-2H3. The van der Waals surface area contributed by atoms with Gasteiger partial charge in [-0.3, -0.25) is 4.98 Å². The molecule has 0 saturated carbocycles. The summed E-state index contributed by atoms with van der Waals surface area (Å²) in [6, 6.07) is 13.1. The summed E-state index contributed by atoms with van der Waals surface area (Å²) in [4.78, 5) is 7.15. The van der Waals surface area contributed by atoms with Crippen LogP contribution in [0.2, 0.25) is 0 Å². The first-order valence-electron chi connectivity index (χ1n) is 8.60. The molecule has 1 aliphatic heterocycles. The minimum atomic E-state index is 0.908. The highest BCUT2D eigenvalue weighted by Crippen LogP contribution is 2.30. The van der Waals surface area contributed by atoms with Gasteiger partial charge >= 0.3 is 0 Å². The van der Waals surface area contributed by atoms with Crippen LogP contribution >= 0.6 is 11.8 Å². The molecule has 0 spiro atoms. The van der Waals surface area contributed by atoms with Crippen molar-refractivity contribution in [2.75, 3.05) is 18.0 Å². The molecular weight excluding hydrogens is 314 g/mol. The highest BCUT2D eigenvalue weighted by molar-refractivity contribution is 7.98. The number of hydrogen-bond acceptors (Lipinski definition) is 3. The number of thioether (sulfide) groups is 1. The Balaban J connectivity index is 1.54. The van der Waals surface area contributed by atoms with Crippen LogP contribution in [-0.2, 0) is 12.8 Å². The molecule has 4 heteroatoms. The first kappa shape index (κ1) is 15.6. The van der Waals surface area contributed by atoms with Crippen molar-refractivity contribution in [2.24, 2.45) is 7.05 Å². The number of nitrogens with zero attached hydrogens (tertiary/aromatic N) is 3. The zero-order chi connectivity index (χ0) is 16.5. The largest absolute Gasteiger partial charge is 0.371 e. The molecule has 1 fully saturated rings. The van der Waals surface area contributed by atoms with Crippen molar-refractivity contribution in [1.29, 1.82) is 0 Å². The number of anilines is 1. The quantitative estimate of drug-likeness (QED) is 0.640. The highest BCUT2D eigenvalue weighted by Gasteiger charge is 2.15. The molecule has 3 heterocycles. The van der Waals surface area contributed by atoms with Crippen LogP contribution in [0, 0.1) is 6.92 Å². The molecule has 1 saturated heterocycles. The van der Waals surface area contributed by atoms with E-state index in [0.29, 0.717) is 0 Å². The summed E-state index contributed by atoms with van der Waals surface area (Å²) >= 11 is 1.86. The van der Waals surface area contributed by atoms with Crippen LogP contribution in [0.15, 0.2) is 47.6 Å². The van der Waals surface area contributed by atoms with Crippen LogP contribution in [0.25, 0.3) is 10.9 Å². The van der Waals surface area contributed by atoms with Gasteiger partial charge in [-0.2, -0.15) is 0 Å². The van der Waals surface area contributed by atoms with Crippen molar-refractivity contribution in [3.8, 4) is 0 Å². The number of hydrogen-bond donors (Lipinski definition) is 0. The molecule has 0 unspecified atom stereocenters. The molecule has 24 heavy (non-hydrogen) atoms. The predicted octanol–water partition coefficient (Wildman–Crippen LogP) is 4.77. The lowest BCUT2D eigenvalue weighted by atomic mass is 10.2. The van der Waals surface area contributed by atoms with Gasteiger partial charge in [-0.15, -0.1) is 11.8 Å². The number of para-hydroxylation sites is 1. The molecule has 0 aliphatic carbocycles. The summed E-state index contributed by atoms with van der Waals surface area (Å²) in [5, 5.41) is 2.60. The molecule has 124 valence electrons. The van der Waals surface area contributed by atoms with Crippen molar-refractivity contribution >= 4 is 28.4 Å². The normalized spacial score (nSPS) is 14.7. The first-order valence-corrected chi connectivity index (χ1v) is 9.58. The molecular formula is C20H23N3S. The Morgan fingerprint density at radius 3 is 2.71 bits per heavy atom. The minimum absolute atomic E-state index is 0.908. The van der Waals surface area contributed by atoms with Crippen LogP contribution in [0.3, 0.4) is 0 Å². The van der Waals surface area contributed by atoms with E-state index in [1.807, 2.05) is 18.0 Å². The summed E-state index contributed by atoms with van der Waals surface area (Å²) in [6.45, 7) is 4.53. The first-order chi connectivity index (χ1) is 11.7. The maximum Gasteiger partial charge on any atom is 0.0760 e. The summed E-state index contributed by atoms with van der Waals surface area (Å²) in [5.74, 6) is 0.908. The SMILES string of the molecule is Cc1cnc(CSc2cc3ccccc3n2C)cc1N1CCCC1. The molecule has 0 amide bonds. The maximum absolute atomic E-state index is 4.65. The molecule has 0 radical (unpaired) electrons. The van der Waals surface area contributed by atoms with Crippen LogP contribution in [0.1, 0.15) is 24.1 Å². The van der Waals surface area contributed by atoms with Crippen molar-refractivity contribution < 1.29 is 0 Å². The summed E-state index contributed by atoms with van der Waals surface area (Å²) in [7, 11) is 2.14. The average Bonchev–Trinajstić information content (AvgIpc) is 3.23. The molecule has 0 bridgehead atoms. The molecule has 0 N–H and O–H groups in total. The number of aromatic nitrogens is 2. The monoisotopic (exact) mass is 337 g/mol. The van der Waals surface area contributed by atoms with E-state index < -0.39 is 0 Å². The van der Waals surface area contributed by atoms with Gasteiger partial charge in [-0.25, -0.2) is 0 Å². The van der Waals surface area contributed by atoms with E-state index in [1.54, 1.807) is 0 Å². The van der Waals surface area contributed by atoms with E-state index in [-0.39, 0.29) is 0 Å². The minimum Gasteiger partial charge on any atom is -0.371 e. The zero-order valence-electron chi connectivity index (χ0n) is 14.3. The molecule has 3 nitrogen and oxygen atoms in total. The van der Waals surface area contributed by atoms with E-state index in [1.165, 1.54) is 53.1 Å². The lowest BCUT2D eigenvalue weighted by Crippen LogP contribution is -2.19. The van der Waals surface area contributed by atoms with Crippen LogP contribution in [0.4, 0.5) is 5.69 Å².